The first-order chi connectivity index (χ1) is 14.2. The van der Waals surface area contributed by atoms with Gasteiger partial charge in [-0.3, -0.25) is 4.79 Å². The highest BCUT2D eigenvalue weighted by Crippen LogP contribution is 2.42. The van der Waals surface area contributed by atoms with Crippen LogP contribution in [0.4, 0.5) is 5.69 Å². The molecule has 2 heterocycles. The molecule has 0 fully saturated rings. The van der Waals surface area contributed by atoms with Crippen LogP contribution >= 0.6 is 11.6 Å². The Hall–Kier alpha value is -2.51. The lowest BCUT2D eigenvalue weighted by atomic mass is 10.0. The molecular formula is C22H27ClN2O5. The SMILES string of the molecule is COCCCOc1cc2c(cc1Cl)-c1cc(=O)c(C(=O)O)cn1C(C(C)C)CN2C. The Labute approximate surface area is 180 Å². The highest BCUT2D eigenvalue weighted by molar-refractivity contribution is 6.32. The van der Waals surface area contributed by atoms with E-state index in [0.29, 0.717) is 36.2 Å². The fourth-order valence-electron chi connectivity index (χ4n) is 3.76. The molecule has 1 aromatic heterocycles. The quantitative estimate of drug-likeness (QED) is 0.665. The first-order valence-electron chi connectivity index (χ1n) is 9.90. The minimum Gasteiger partial charge on any atom is -0.492 e. The first-order valence-corrected chi connectivity index (χ1v) is 10.3. The van der Waals surface area contributed by atoms with Crippen LogP contribution in [-0.2, 0) is 4.74 Å². The molecule has 0 amide bonds. The molecule has 1 N–H and O–H groups in total. The number of rotatable bonds is 7. The van der Waals surface area contributed by atoms with E-state index < -0.39 is 11.4 Å². The van der Waals surface area contributed by atoms with Crippen molar-refractivity contribution in [3.8, 4) is 17.0 Å². The third-order valence-corrected chi connectivity index (χ3v) is 5.68. The van der Waals surface area contributed by atoms with Crippen molar-refractivity contribution in [3.63, 3.8) is 0 Å². The van der Waals surface area contributed by atoms with E-state index in [1.54, 1.807) is 13.2 Å². The summed E-state index contributed by atoms with van der Waals surface area (Å²) in [4.78, 5) is 26.1. The molecule has 0 saturated heterocycles. The monoisotopic (exact) mass is 434 g/mol. The van der Waals surface area contributed by atoms with E-state index in [2.05, 4.69) is 18.7 Å². The van der Waals surface area contributed by atoms with Gasteiger partial charge in [0, 0.05) is 63.3 Å². The largest absolute Gasteiger partial charge is 0.492 e. The van der Waals surface area contributed by atoms with Crippen LogP contribution in [-0.4, -0.2) is 49.6 Å². The number of fused-ring (bicyclic) bond motifs is 3. The van der Waals surface area contributed by atoms with Crippen LogP contribution in [0, 0.1) is 5.92 Å². The average molecular weight is 435 g/mol. The minimum absolute atomic E-state index is 0.0269. The van der Waals surface area contributed by atoms with E-state index in [1.807, 2.05) is 17.7 Å². The number of nitrogens with zero attached hydrogens (tertiary/aromatic N) is 2. The van der Waals surface area contributed by atoms with Crippen molar-refractivity contribution < 1.29 is 19.4 Å². The van der Waals surface area contributed by atoms with Gasteiger partial charge in [0.05, 0.1) is 23.4 Å². The lowest BCUT2D eigenvalue weighted by Crippen LogP contribution is -2.30. The maximum Gasteiger partial charge on any atom is 0.341 e. The van der Waals surface area contributed by atoms with Crippen LogP contribution in [0.25, 0.3) is 11.3 Å². The molecule has 1 aromatic carbocycles. The molecule has 1 aliphatic rings. The normalized spacial score (nSPS) is 15.5. The Morgan fingerprint density at radius 2 is 2.03 bits per heavy atom. The Kier molecular flexibility index (Phi) is 6.73. The van der Waals surface area contributed by atoms with Gasteiger partial charge in [-0.1, -0.05) is 25.4 Å². The summed E-state index contributed by atoms with van der Waals surface area (Å²) in [7, 11) is 3.62. The third-order valence-electron chi connectivity index (χ3n) is 5.39. The topological polar surface area (TPSA) is 81.0 Å². The van der Waals surface area contributed by atoms with Gasteiger partial charge in [0.15, 0.2) is 5.43 Å². The summed E-state index contributed by atoms with van der Waals surface area (Å²) < 4.78 is 12.8. The second-order valence-corrected chi connectivity index (χ2v) is 8.24. The summed E-state index contributed by atoms with van der Waals surface area (Å²) in [5.41, 5.74) is 1.53. The van der Waals surface area contributed by atoms with Gasteiger partial charge < -0.3 is 24.0 Å². The number of likely N-dealkylation sites (N-methyl/N-ethyl adjacent to an activating group) is 1. The van der Waals surface area contributed by atoms with Crippen LogP contribution in [0.3, 0.4) is 0 Å². The number of anilines is 1. The van der Waals surface area contributed by atoms with E-state index in [9.17, 15) is 14.7 Å². The average Bonchev–Trinajstić information content (AvgIpc) is 2.79. The lowest BCUT2D eigenvalue weighted by molar-refractivity contribution is 0.0694. The van der Waals surface area contributed by atoms with Crippen molar-refractivity contribution in [1.82, 2.24) is 4.57 Å². The fourth-order valence-corrected chi connectivity index (χ4v) is 3.98. The van der Waals surface area contributed by atoms with Crippen LogP contribution in [0.5, 0.6) is 5.75 Å². The molecular weight excluding hydrogens is 408 g/mol. The summed E-state index contributed by atoms with van der Waals surface area (Å²) in [5.74, 6) is -0.448. The zero-order valence-corrected chi connectivity index (χ0v) is 18.4. The van der Waals surface area contributed by atoms with Gasteiger partial charge in [-0.25, -0.2) is 4.79 Å². The summed E-state index contributed by atoms with van der Waals surface area (Å²) in [5, 5.41) is 9.87. The van der Waals surface area contributed by atoms with E-state index in [4.69, 9.17) is 21.1 Å². The van der Waals surface area contributed by atoms with E-state index >= 15 is 0 Å². The van der Waals surface area contributed by atoms with Crippen LogP contribution < -0.4 is 15.1 Å². The van der Waals surface area contributed by atoms with Crippen molar-refractivity contribution in [3.05, 3.63) is 45.2 Å². The van der Waals surface area contributed by atoms with Gasteiger partial charge in [-0.05, 0) is 12.0 Å². The molecule has 162 valence electrons. The molecule has 8 heteroatoms. The maximum atomic E-state index is 12.5. The summed E-state index contributed by atoms with van der Waals surface area (Å²) in [6.45, 7) is 5.87. The number of pyridine rings is 1. The van der Waals surface area contributed by atoms with Crippen molar-refractivity contribution in [2.24, 2.45) is 5.92 Å². The van der Waals surface area contributed by atoms with Gasteiger partial charge >= 0.3 is 5.97 Å². The second-order valence-electron chi connectivity index (χ2n) is 7.84. The molecule has 0 radical (unpaired) electrons. The van der Waals surface area contributed by atoms with Gasteiger partial charge in [-0.2, -0.15) is 0 Å². The molecule has 7 nitrogen and oxygen atoms in total. The molecule has 0 spiro atoms. The molecule has 0 aliphatic carbocycles. The summed E-state index contributed by atoms with van der Waals surface area (Å²) in [6, 6.07) is 5.04. The number of hydrogen-bond donors (Lipinski definition) is 1. The Morgan fingerprint density at radius 3 is 2.67 bits per heavy atom. The second kappa shape index (κ2) is 9.10. The predicted molar refractivity (Wildman–Crippen MR) is 117 cm³/mol. The van der Waals surface area contributed by atoms with Crippen molar-refractivity contribution >= 4 is 23.3 Å². The molecule has 1 aliphatic heterocycles. The number of halogens is 1. The highest BCUT2D eigenvalue weighted by Gasteiger charge is 2.29. The van der Waals surface area contributed by atoms with Crippen molar-refractivity contribution in [1.29, 1.82) is 0 Å². The number of carboxylic acids is 1. The molecule has 0 saturated carbocycles. The standard InChI is InChI=1S/C22H27ClN2O5/c1-13(2)19-12-24(3)17-10-21(30-7-5-6-29-4)16(23)8-14(17)18-9-20(26)15(22(27)28)11-25(18)19/h8-11,13,19H,5-7,12H2,1-4H3,(H,27,28). The number of benzene rings is 1. The Morgan fingerprint density at radius 1 is 1.30 bits per heavy atom. The predicted octanol–water partition coefficient (Wildman–Crippen LogP) is 3.93. The van der Waals surface area contributed by atoms with Crippen LogP contribution in [0.15, 0.2) is 29.2 Å². The number of aromatic carboxylic acids is 1. The lowest BCUT2D eigenvalue weighted by Gasteiger charge is -2.28. The van der Waals surface area contributed by atoms with Gasteiger partial charge in [0.1, 0.15) is 11.3 Å². The number of aromatic nitrogens is 1. The van der Waals surface area contributed by atoms with Crippen LogP contribution in [0.1, 0.15) is 36.7 Å². The number of carboxylic acid groups (broad SMARTS) is 1. The summed E-state index contributed by atoms with van der Waals surface area (Å²) >= 11 is 6.51. The van der Waals surface area contributed by atoms with Gasteiger partial charge in [-0.15, -0.1) is 0 Å². The number of carbonyl (C=O) groups is 1. The van der Waals surface area contributed by atoms with Gasteiger partial charge in [0.2, 0.25) is 0 Å². The number of methoxy groups -OCH3 is 1. The molecule has 3 rings (SSSR count). The van der Waals surface area contributed by atoms with Crippen molar-refractivity contribution in [2.75, 3.05) is 38.8 Å². The molecule has 30 heavy (non-hydrogen) atoms. The van der Waals surface area contributed by atoms with Crippen LogP contribution in [0.2, 0.25) is 5.02 Å². The number of ether oxygens (including phenoxy) is 2. The summed E-state index contributed by atoms with van der Waals surface area (Å²) in [6.07, 6.45) is 2.20. The first kappa shape index (κ1) is 22.2. The van der Waals surface area contributed by atoms with Crippen molar-refractivity contribution in [2.45, 2.75) is 26.3 Å². The zero-order chi connectivity index (χ0) is 22.0. The Balaban J connectivity index is 2.15. The van der Waals surface area contributed by atoms with E-state index in [0.717, 1.165) is 17.7 Å². The molecule has 1 atom stereocenters. The molecule has 1 unspecified atom stereocenters. The van der Waals surface area contributed by atoms with Gasteiger partial charge in [0.25, 0.3) is 0 Å². The minimum atomic E-state index is -1.23. The smallest absolute Gasteiger partial charge is 0.341 e. The Bertz CT molecular complexity index is 1000. The fraction of sp³-hybridized carbons (Fsp3) is 0.455. The maximum absolute atomic E-state index is 12.5. The van der Waals surface area contributed by atoms with E-state index in [-0.39, 0.29) is 17.5 Å². The number of hydrogen-bond acceptors (Lipinski definition) is 5. The molecule has 2 aromatic rings. The molecule has 0 bridgehead atoms. The third kappa shape index (κ3) is 4.32. The highest BCUT2D eigenvalue weighted by atomic mass is 35.5. The zero-order valence-electron chi connectivity index (χ0n) is 17.6. The van der Waals surface area contributed by atoms with E-state index in [1.165, 1.54) is 12.3 Å².